The number of fused-ring (bicyclic) bond motifs is 1. The fourth-order valence-electron chi connectivity index (χ4n) is 2.75. The molecule has 1 heterocycles. The first kappa shape index (κ1) is 14.3. The first-order chi connectivity index (χ1) is 9.88. The van der Waals surface area contributed by atoms with E-state index in [0.717, 1.165) is 36.6 Å². The van der Waals surface area contributed by atoms with Crippen molar-refractivity contribution >= 4 is 17.4 Å². The van der Waals surface area contributed by atoms with Crippen LogP contribution in [-0.4, -0.2) is 9.78 Å². The Labute approximate surface area is 124 Å². The summed E-state index contributed by atoms with van der Waals surface area (Å²) in [5, 5.41) is 4.16. The number of benzene rings is 1. The molecule has 1 aromatic heterocycles. The van der Waals surface area contributed by atoms with E-state index in [0.29, 0.717) is 12.2 Å². The van der Waals surface area contributed by atoms with Crippen molar-refractivity contribution in [2.24, 2.45) is 0 Å². The van der Waals surface area contributed by atoms with E-state index in [4.69, 9.17) is 17.3 Å². The SMILES string of the molecule is Nc1nn(-c2ccc(Cl)cc2C(F)(F)F)c2c1CCCC2. The van der Waals surface area contributed by atoms with Crippen molar-refractivity contribution in [3.05, 3.63) is 40.0 Å². The minimum absolute atomic E-state index is 0.0262. The molecule has 2 N–H and O–H groups in total. The third-order valence-corrected chi connectivity index (χ3v) is 3.94. The van der Waals surface area contributed by atoms with Crippen LogP contribution in [0.2, 0.25) is 5.02 Å². The number of alkyl halides is 3. The van der Waals surface area contributed by atoms with Gasteiger partial charge in [0.1, 0.15) is 5.82 Å². The topological polar surface area (TPSA) is 43.8 Å². The lowest BCUT2D eigenvalue weighted by atomic mass is 9.97. The minimum atomic E-state index is -4.50. The highest BCUT2D eigenvalue weighted by molar-refractivity contribution is 6.30. The number of nitrogens with zero attached hydrogens (tertiary/aromatic N) is 2. The van der Waals surface area contributed by atoms with Crippen LogP contribution in [0, 0.1) is 0 Å². The first-order valence-corrected chi connectivity index (χ1v) is 6.99. The number of nitrogens with two attached hydrogens (primary N) is 1. The van der Waals surface area contributed by atoms with Crippen LogP contribution in [0.25, 0.3) is 5.69 Å². The molecule has 0 spiro atoms. The van der Waals surface area contributed by atoms with Gasteiger partial charge >= 0.3 is 6.18 Å². The molecule has 1 aliphatic rings. The second kappa shape index (κ2) is 4.94. The van der Waals surface area contributed by atoms with Gasteiger partial charge in [-0.15, -0.1) is 0 Å². The van der Waals surface area contributed by atoms with Gasteiger partial charge in [0.25, 0.3) is 0 Å². The molecule has 0 unspecified atom stereocenters. The van der Waals surface area contributed by atoms with Crippen molar-refractivity contribution < 1.29 is 13.2 Å². The van der Waals surface area contributed by atoms with Gasteiger partial charge in [-0.05, 0) is 43.9 Å². The second-order valence-corrected chi connectivity index (χ2v) is 5.53. The van der Waals surface area contributed by atoms with Crippen LogP contribution in [0.5, 0.6) is 0 Å². The Balaban J connectivity index is 2.22. The van der Waals surface area contributed by atoms with Gasteiger partial charge < -0.3 is 5.73 Å². The van der Waals surface area contributed by atoms with E-state index in [-0.39, 0.29) is 10.7 Å². The van der Waals surface area contributed by atoms with E-state index in [1.165, 1.54) is 16.8 Å². The summed E-state index contributed by atoms with van der Waals surface area (Å²) < 4.78 is 41.0. The quantitative estimate of drug-likeness (QED) is 0.864. The maximum absolute atomic E-state index is 13.2. The molecular weight excluding hydrogens is 303 g/mol. The highest BCUT2D eigenvalue weighted by atomic mass is 35.5. The molecule has 112 valence electrons. The van der Waals surface area contributed by atoms with Crippen molar-refractivity contribution in [2.75, 3.05) is 5.73 Å². The minimum Gasteiger partial charge on any atom is -0.382 e. The Morgan fingerprint density at radius 2 is 1.90 bits per heavy atom. The molecule has 1 aromatic carbocycles. The third kappa shape index (κ3) is 2.48. The van der Waals surface area contributed by atoms with Gasteiger partial charge in [0.15, 0.2) is 0 Å². The third-order valence-electron chi connectivity index (χ3n) is 3.70. The van der Waals surface area contributed by atoms with Gasteiger partial charge in [0.2, 0.25) is 0 Å². The summed E-state index contributed by atoms with van der Waals surface area (Å²) in [6, 6.07) is 3.69. The number of halogens is 4. The zero-order valence-electron chi connectivity index (χ0n) is 11.0. The molecular formula is C14H13ClF3N3. The van der Waals surface area contributed by atoms with Crippen LogP contribution in [0.4, 0.5) is 19.0 Å². The predicted molar refractivity (Wildman–Crippen MR) is 74.6 cm³/mol. The lowest BCUT2D eigenvalue weighted by Gasteiger charge is -2.17. The summed E-state index contributed by atoms with van der Waals surface area (Å²) in [6.45, 7) is 0. The van der Waals surface area contributed by atoms with Crippen LogP contribution >= 0.6 is 11.6 Å². The Kier molecular flexibility index (Phi) is 3.36. The van der Waals surface area contributed by atoms with Crippen molar-refractivity contribution in [2.45, 2.75) is 31.9 Å². The van der Waals surface area contributed by atoms with Crippen LogP contribution < -0.4 is 5.73 Å². The van der Waals surface area contributed by atoms with Crippen LogP contribution in [0.1, 0.15) is 29.7 Å². The van der Waals surface area contributed by atoms with Crippen molar-refractivity contribution in [3.63, 3.8) is 0 Å². The highest BCUT2D eigenvalue weighted by Crippen LogP contribution is 2.37. The molecule has 21 heavy (non-hydrogen) atoms. The standard InChI is InChI=1S/C14H13ClF3N3/c15-8-5-6-12(10(7-8)14(16,17)18)21-11-4-2-1-3-9(11)13(19)20-21/h5-7H,1-4H2,(H2,19,20). The molecule has 0 bridgehead atoms. The zero-order chi connectivity index (χ0) is 15.2. The Morgan fingerprint density at radius 1 is 1.19 bits per heavy atom. The lowest BCUT2D eigenvalue weighted by Crippen LogP contribution is -2.14. The molecule has 1 aliphatic carbocycles. The molecule has 0 aliphatic heterocycles. The summed E-state index contributed by atoms with van der Waals surface area (Å²) in [4.78, 5) is 0. The van der Waals surface area contributed by atoms with Crippen LogP contribution in [0.3, 0.4) is 0 Å². The summed E-state index contributed by atoms with van der Waals surface area (Å²) in [6.07, 6.45) is -1.15. The van der Waals surface area contributed by atoms with Crippen LogP contribution in [0.15, 0.2) is 18.2 Å². The van der Waals surface area contributed by atoms with E-state index in [2.05, 4.69) is 5.10 Å². The van der Waals surface area contributed by atoms with Gasteiger partial charge in [0.05, 0.1) is 11.3 Å². The number of rotatable bonds is 1. The maximum atomic E-state index is 13.2. The van der Waals surface area contributed by atoms with E-state index in [9.17, 15) is 13.2 Å². The Bertz CT molecular complexity index is 692. The largest absolute Gasteiger partial charge is 0.418 e. The molecule has 0 saturated carbocycles. The summed E-state index contributed by atoms with van der Waals surface area (Å²) in [7, 11) is 0. The van der Waals surface area contributed by atoms with Crippen molar-refractivity contribution in [1.82, 2.24) is 9.78 Å². The van der Waals surface area contributed by atoms with E-state index < -0.39 is 11.7 Å². The van der Waals surface area contributed by atoms with E-state index >= 15 is 0 Å². The molecule has 7 heteroatoms. The summed E-state index contributed by atoms with van der Waals surface area (Å²) in [5.41, 5.74) is 6.66. The second-order valence-electron chi connectivity index (χ2n) is 5.09. The lowest BCUT2D eigenvalue weighted by molar-refractivity contribution is -0.137. The van der Waals surface area contributed by atoms with Gasteiger partial charge in [-0.1, -0.05) is 11.6 Å². The maximum Gasteiger partial charge on any atom is 0.418 e. The fraction of sp³-hybridized carbons (Fsp3) is 0.357. The predicted octanol–water partition coefficient (Wildman–Crippen LogP) is 4.01. The van der Waals surface area contributed by atoms with Crippen molar-refractivity contribution in [3.8, 4) is 5.69 Å². The van der Waals surface area contributed by atoms with E-state index in [1.807, 2.05) is 0 Å². The number of anilines is 1. The first-order valence-electron chi connectivity index (χ1n) is 6.61. The molecule has 0 atom stereocenters. The number of nitrogen functional groups attached to an aromatic ring is 1. The fourth-order valence-corrected chi connectivity index (χ4v) is 2.92. The smallest absolute Gasteiger partial charge is 0.382 e. The van der Waals surface area contributed by atoms with Gasteiger partial charge in [0, 0.05) is 16.3 Å². The number of hydrogen-bond acceptors (Lipinski definition) is 2. The number of hydrogen-bond donors (Lipinski definition) is 1. The summed E-state index contributed by atoms with van der Waals surface area (Å²) in [5.74, 6) is 0.313. The zero-order valence-corrected chi connectivity index (χ0v) is 11.8. The van der Waals surface area contributed by atoms with Gasteiger partial charge in [-0.25, -0.2) is 4.68 Å². The molecule has 2 aromatic rings. The average Bonchev–Trinajstić information content (AvgIpc) is 2.76. The van der Waals surface area contributed by atoms with Crippen LogP contribution in [-0.2, 0) is 19.0 Å². The molecule has 0 radical (unpaired) electrons. The Hall–Kier alpha value is -1.69. The van der Waals surface area contributed by atoms with E-state index in [1.54, 1.807) is 0 Å². The molecule has 0 amide bonds. The molecule has 0 fully saturated rings. The summed E-state index contributed by atoms with van der Waals surface area (Å²) >= 11 is 5.70. The monoisotopic (exact) mass is 315 g/mol. The Morgan fingerprint density at radius 3 is 2.62 bits per heavy atom. The average molecular weight is 316 g/mol. The van der Waals surface area contributed by atoms with Gasteiger partial charge in [-0.3, -0.25) is 0 Å². The van der Waals surface area contributed by atoms with Crippen molar-refractivity contribution in [1.29, 1.82) is 0 Å². The highest BCUT2D eigenvalue weighted by Gasteiger charge is 2.35. The molecule has 3 nitrogen and oxygen atoms in total. The molecule has 3 rings (SSSR count). The molecule has 0 saturated heterocycles. The number of aromatic nitrogens is 2. The normalized spacial score (nSPS) is 15.0. The van der Waals surface area contributed by atoms with Gasteiger partial charge in [-0.2, -0.15) is 18.3 Å².